The van der Waals surface area contributed by atoms with Crippen molar-refractivity contribution in [1.82, 2.24) is 0 Å². The van der Waals surface area contributed by atoms with Crippen LogP contribution in [0.5, 0.6) is 0 Å². The lowest BCUT2D eigenvalue weighted by atomic mass is 10.1. The summed E-state index contributed by atoms with van der Waals surface area (Å²) in [4.78, 5) is 2.29. The van der Waals surface area contributed by atoms with Crippen LogP contribution in [-0.4, -0.2) is 6.54 Å². The zero-order valence-corrected chi connectivity index (χ0v) is 12.9. The Balaban J connectivity index is 2.51. The molecule has 2 N–H and O–H groups in total. The summed E-state index contributed by atoms with van der Waals surface area (Å²) in [5, 5.41) is 0. The molecular weight excluding hydrogens is 300 g/mol. The molecule has 3 heteroatoms. The molecule has 0 unspecified atom stereocenters. The summed E-state index contributed by atoms with van der Waals surface area (Å²) in [5.41, 5.74) is 10.7. The molecule has 19 heavy (non-hydrogen) atoms. The van der Waals surface area contributed by atoms with Crippen molar-refractivity contribution in [1.29, 1.82) is 0 Å². The predicted molar refractivity (Wildman–Crippen MR) is 85.9 cm³/mol. The molecule has 100 valence electrons. The van der Waals surface area contributed by atoms with Crippen molar-refractivity contribution < 1.29 is 0 Å². The fourth-order valence-electron chi connectivity index (χ4n) is 2.29. The maximum Gasteiger partial charge on any atom is 0.0467 e. The molecule has 0 saturated carbocycles. The second-order valence-corrected chi connectivity index (χ2v) is 5.38. The van der Waals surface area contributed by atoms with Crippen molar-refractivity contribution in [2.45, 2.75) is 20.4 Å². The smallest absolute Gasteiger partial charge is 0.0467 e. The first kappa shape index (κ1) is 14.1. The highest BCUT2D eigenvalue weighted by atomic mass is 79.9. The molecule has 0 aliphatic rings. The van der Waals surface area contributed by atoms with Crippen LogP contribution in [-0.2, 0) is 6.54 Å². The van der Waals surface area contributed by atoms with Crippen LogP contribution in [0, 0.1) is 6.92 Å². The van der Waals surface area contributed by atoms with Crippen molar-refractivity contribution in [3.63, 3.8) is 0 Å². The molecule has 0 bridgehead atoms. The van der Waals surface area contributed by atoms with E-state index in [4.69, 9.17) is 5.73 Å². The summed E-state index contributed by atoms with van der Waals surface area (Å²) in [7, 11) is 0. The Bertz CT molecular complexity index is 566. The van der Waals surface area contributed by atoms with Gasteiger partial charge in [0, 0.05) is 34.5 Å². The minimum Gasteiger partial charge on any atom is -0.341 e. The zero-order chi connectivity index (χ0) is 13.8. The number of hydrogen-bond acceptors (Lipinski definition) is 2. The van der Waals surface area contributed by atoms with Crippen LogP contribution in [0.15, 0.2) is 46.9 Å². The molecule has 0 aliphatic carbocycles. The SMILES string of the molecule is CCN(c1cccc(C)c1)c1cccc(Br)c1CN. The van der Waals surface area contributed by atoms with Crippen LogP contribution in [0.3, 0.4) is 0 Å². The number of rotatable bonds is 4. The van der Waals surface area contributed by atoms with Crippen molar-refractivity contribution in [3.05, 3.63) is 58.1 Å². The van der Waals surface area contributed by atoms with E-state index in [2.05, 4.69) is 71.1 Å². The molecule has 0 saturated heterocycles. The van der Waals surface area contributed by atoms with Gasteiger partial charge in [-0.3, -0.25) is 0 Å². The molecule has 2 aromatic carbocycles. The van der Waals surface area contributed by atoms with E-state index >= 15 is 0 Å². The maximum absolute atomic E-state index is 5.90. The number of hydrogen-bond donors (Lipinski definition) is 1. The first-order chi connectivity index (χ1) is 9.17. The summed E-state index contributed by atoms with van der Waals surface area (Å²) in [6.07, 6.45) is 0. The summed E-state index contributed by atoms with van der Waals surface area (Å²) in [5.74, 6) is 0. The molecule has 2 nitrogen and oxygen atoms in total. The summed E-state index contributed by atoms with van der Waals surface area (Å²) >= 11 is 3.59. The molecule has 0 aromatic heterocycles. The normalized spacial score (nSPS) is 10.5. The molecule has 0 atom stereocenters. The lowest BCUT2D eigenvalue weighted by Crippen LogP contribution is -2.19. The van der Waals surface area contributed by atoms with E-state index in [1.807, 2.05) is 6.07 Å². The fourth-order valence-corrected chi connectivity index (χ4v) is 2.81. The number of anilines is 2. The Labute approximate surface area is 123 Å². The Kier molecular flexibility index (Phi) is 4.61. The highest BCUT2D eigenvalue weighted by Gasteiger charge is 2.13. The van der Waals surface area contributed by atoms with Gasteiger partial charge in [0.25, 0.3) is 0 Å². The van der Waals surface area contributed by atoms with Gasteiger partial charge in [-0.1, -0.05) is 34.1 Å². The van der Waals surface area contributed by atoms with Crippen molar-refractivity contribution in [2.24, 2.45) is 5.73 Å². The molecule has 0 heterocycles. The molecular formula is C16H19BrN2. The van der Waals surface area contributed by atoms with Gasteiger partial charge in [-0.05, 0) is 43.7 Å². The molecule has 0 aliphatic heterocycles. The van der Waals surface area contributed by atoms with Gasteiger partial charge in [0.1, 0.15) is 0 Å². The monoisotopic (exact) mass is 318 g/mol. The number of nitrogens with zero attached hydrogens (tertiary/aromatic N) is 1. The third kappa shape index (κ3) is 2.99. The van der Waals surface area contributed by atoms with E-state index in [-0.39, 0.29) is 0 Å². The van der Waals surface area contributed by atoms with Gasteiger partial charge < -0.3 is 10.6 Å². The van der Waals surface area contributed by atoms with Gasteiger partial charge in [0.15, 0.2) is 0 Å². The largest absolute Gasteiger partial charge is 0.341 e. The minimum absolute atomic E-state index is 0.527. The average Bonchev–Trinajstić information content (AvgIpc) is 2.40. The van der Waals surface area contributed by atoms with Gasteiger partial charge >= 0.3 is 0 Å². The van der Waals surface area contributed by atoms with E-state index in [0.29, 0.717) is 6.54 Å². The first-order valence-electron chi connectivity index (χ1n) is 6.49. The third-order valence-corrected chi connectivity index (χ3v) is 3.96. The van der Waals surface area contributed by atoms with E-state index in [1.165, 1.54) is 16.9 Å². The summed E-state index contributed by atoms with van der Waals surface area (Å²) < 4.78 is 1.07. The highest BCUT2D eigenvalue weighted by molar-refractivity contribution is 9.10. The minimum atomic E-state index is 0.527. The molecule has 2 aromatic rings. The van der Waals surface area contributed by atoms with E-state index in [1.54, 1.807) is 0 Å². The standard InChI is InChI=1S/C16H19BrN2/c1-3-19(13-7-4-6-12(2)10-13)16-9-5-8-15(17)14(16)11-18/h4-10H,3,11,18H2,1-2H3. The van der Waals surface area contributed by atoms with Crippen LogP contribution >= 0.6 is 15.9 Å². The fraction of sp³-hybridized carbons (Fsp3) is 0.250. The summed E-state index contributed by atoms with van der Waals surface area (Å²) in [6.45, 7) is 5.71. The van der Waals surface area contributed by atoms with Crippen LogP contribution in [0.25, 0.3) is 0 Å². The number of benzene rings is 2. The molecule has 2 rings (SSSR count). The lowest BCUT2D eigenvalue weighted by molar-refractivity contribution is 0.978. The molecule has 0 spiro atoms. The van der Waals surface area contributed by atoms with Gasteiger partial charge in [-0.25, -0.2) is 0 Å². The van der Waals surface area contributed by atoms with Gasteiger partial charge in [-0.15, -0.1) is 0 Å². The zero-order valence-electron chi connectivity index (χ0n) is 11.4. The Morgan fingerprint density at radius 1 is 1.16 bits per heavy atom. The highest BCUT2D eigenvalue weighted by Crippen LogP contribution is 2.32. The number of aryl methyl sites for hydroxylation is 1. The van der Waals surface area contributed by atoms with Crippen LogP contribution in [0.1, 0.15) is 18.1 Å². The molecule has 0 fully saturated rings. The molecule has 0 amide bonds. The quantitative estimate of drug-likeness (QED) is 0.906. The van der Waals surface area contributed by atoms with Gasteiger partial charge in [-0.2, -0.15) is 0 Å². The number of nitrogens with two attached hydrogens (primary N) is 1. The lowest BCUT2D eigenvalue weighted by Gasteiger charge is -2.26. The van der Waals surface area contributed by atoms with Crippen LogP contribution < -0.4 is 10.6 Å². The van der Waals surface area contributed by atoms with Crippen LogP contribution in [0.2, 0.25) is 0 Å². The maximum atomic E-state index is 5.90. The first-order valence-corrected chi connectivity index (χ1v) is 7.28. The van der Waals surface area contributed by atoms with E-state index < -0.39 is 0 Å². The van der Waals surface area contributed by atoms with E-state index in [9.17, 15) is 0 Å². The Morgan fingerprint density at radius 2 is 1.89 bits per heavy atom. The third-order valence-electron chi connectivity index (χ3n) is 3.22. The Hall–Kier alpha value is -1.32. The van der Waals surface area contributed by atoms with Gasteiger partial charge in [0.05, 0.1) is 0 Å². The van der Waals surface area contributed by atoms with Gasteiger partial charge in [0.2, 0.25) is 0 Å². The Morgan fingerprint density at radius 3 is 2.53 bits per heavy atom. The second kappa shape index (κ2) is 6.22. The molecule has 0 radical (unpaired) electrons. The van der Waals surface area contributed by atoms with Crippen molar-refractivity contribution in [2.75, 3.05) is 11.4 Å². The average molecular weight is 319 g/mol. The summed E-state index contributed by atoms with van der Waals surface area (Å²) in [6, 6.07) is 14.8. The topological polar surface area (TPSA) is 29.3 Å². The van der Waals surface area contributed by atoms with Crippen molar-refractivity contribution in [3.8, 4) is 0 Å². The second-order valence-electron chi connectivity index (χ2n) is 4.52. The predicted octanol–water partition coefficient (Wildman–Crippen LogP) is 4.37. The van der Waals surface area contributed by atoms with Crippen molar-refractivity contribution >= 4 is 27.3 Å². The van der Waals surface area contributed by atoms with Crippen LogP contribution in [0.4, 0.5) is 11.4 Å². The van der Waals surface area contributed by atoms with E-state index in [0.717, 1.165) is 16.6 Å². The number of halogens is 1.